The van der Waals surface area contributed by atoms with Gasteiger partial charge in [0.05, 0.1) is 11.2 Å². The maximum Gasteiger partial charge on any atom is 0.0667 e. The van der Waals surface area contributed by atoms with Crippen LogP contribution in [0.4, 0.5) is 0 Å². The lowest BCUT2D eigenvalue weighted by atomic mass is 10.1. The molecule has 0 saturated heterocycles. The Labute approximate surface area is 89.9 Å². The molecule has 0 aliphatic rings. The van der Waals surface area contributed by atoms with Crippen molar-refractivity contribution < 1.29 is 0 Å². The van der Waals surface area contributed by atoms with Gasteiger partial charge in [0.1, 0.15) is 0 Å². The van der Waals surface area contributed by atoms with Crippen molar-refractivity contribution in [3.05, 3.63) is 35.7 Å². The van der Waals surface area contributed by atoms with E-state index < -0.39 is 0 Å². The van der Waals surface area contributed by atoms with Crippen LogP contribution in [0.25, 0.3) is 5.52 Å². The third-order valence-electron chi connectivity index (χ3n) is 2.63. The normalized spacial score (nSPS) is 13.3. The van der Waals surface area contributed by atoms with Gasteiger partial charge in [-0.2, -0.15) is 5.10 Å². The van der Waals surface area contributed by atoms with Crippen molar-refractivity contribution in [2.45, 2.75) is 20.3 Å². The van der Waals surface area contributed by atoms with Gasteiger partial charge in [0.25, 0.3) is 0 Å². The molecule has 0 amide bonds. The summed E-state index contributed by atoms with van der Waals surface area (Å²) in [4.78, 5) is 0. The van der Waals surface area contributed by atoms with Gasteiger partial charge in [-0.1, -0.05) is 6.92 Å². The van der Waals surface area contributed by atoms with Crippen molar-refractivity contribution in [1.82, 2.24) is 9.61 Å². The molecule has 2 aromatic heterocycles. The van der Waals surface area contributed by atoms with E-state index in [1.807, 2.05) is 10.7 Å². The topological polar surface area (TPSA) is 43.3 Å². The third-order valence-corrected chi connectivity index (χ3v) is 2.63. The Bertz CT molecular complexity index is 459. The van der Waals surface area contributed by atoms with Crippen LogP contribution in [-0.2, 0) is 6.42 Å². The maximum atomic E-state index is 5.60. The van der Waals surface area contributed by atoms with Crippen molar-refractivity contribution in [2.75, 3.05) is 6.54 Å². The van der Waals surface area contributed by atoms with Crippen molar-refractivity contribution in [1.29, 1.82) is 0 Å². The second kappa shape index (κ2) is 4.03. The second-order valence-electron chi connectivity index (χ2n) is 4.25. The number of rotatable bonds is 3. The molecule has 0 spiro atoms. The smallest absolute Gasteiger partial charge is 0.0667 e. The van der Waals surface area contributed by atoms with Crippen molar-refractivity contribution >= 4 is 5.52 Å². The molecule has 2 N–H and O–H groups in total. The molecule has 0 aliphatic carbocycles. The first-order chi connectivity index (χ1) is 7.19. The largest absolute Gasteiger partial charge is 0.330 e. The number of hydrogen-bond acceptors (Lipinski definition) is 2. The van der Waals surface area contributed by atoms with E-state index in [2.05, 4.69) is 37.1 Å². The predicted molar refractivity (Wildman–Crippen MR) is 61.9 cm³/mol. The summed E-state index contributed by atoms with van der Waals surface area (Å²) >= 11 is 0. The highest BCUT2D eigenvalue weighted by molar-refractivity contribution is 5.49. The van der Waals surface area contributed by atoms with Crippen LogP contribution in [0, 0.1) is 12.8 Å². The Morgan fingerprint density at radius 1 is 1.47 bits per heavy atom. The predicted octanol–water partition coefficient (Wildman–Crippen LogP) is 1.78. The summed E-state index contributed by atoms with van der Waals surface area (Å²) in [6, 6.07) is 6.35. The minimum absolute atomic E-state index is 0.496. The molecule has 2 rings (SSSR count). The van der Waals surface area contributed by atoms with Crippen molar-refractivity contribution in [2.24, 2.45) is 11.7 Å². The molecule has 2 aromatic rings. The zero-order valence-corrected chi connectivity index (χ0v) is 9.27. The van der Waals surface area contributed by atoms with E-state index in [0.717, 1.165) is 17.6 Å². The van der Waals surface area contributed by atoms with E-state index in [0.29, 0.717) is 12.5 Å². The molecule has 0 saturated carbocycles. The molecule has 3 nitrogen and oxygen atoms in total. The highest BCUT2D eigenvalue weighted by Gasteiger charge is 2.05. The molecule has 0 aromatic carbocycles. The van der Waals surface area contributed by atoms with E-state index in [-0.39, 0.29) is 0 Å². The monoisotopic (exact) mass is 203 g/mol. The molecular weight excluding hydrogens is 186 g/mol. The van der Waals surface area contributed by atoms with Gasteiger partial charge in [-0.15, -0.1) is 0 Å². The van der Waals surface area contributed by atoms with Gasteiger partial charge in [0, 0.05) is 6.20 Å². The van der Waals surface area contributed by atoms with Gasteiger partial charge in [-0.05, 0) is 49.6 Å². The molecule has 0 aliphatic heterocycles. The number of pyridine rings is 1. The molecule has 0 radical (unpaired) electrons. The first kappa shape index (κ1) is 10.2. The zero-order valence-electron chi connectivity index (χ0n) is 9.27. The van der Waals surface area contributed by atoms with Crippen molar-refractivity contribution in [3.63, 3.8) is 0 Å². The van der Waals surface area contributed by atoms with E-state index in [1.54, 1.807) is 0 Å². The van der Waals surface area contributed by atoms with Crippen LogP contribution in [0.5, 0.6) is 0 Å². The van der Waals surface area contributed by atoms with Gasteiger partial charge in [-0.3, -0.25) is 0 Å². The van der Waals surface area contributed by atoms with E-state index in [1.165, 1.54) is 5.56 Å². The van der Waals surface area contributed by atoms with Gasteiger partial charge in [0.15, 0.2) is 0 Å². The Morgan fingerprint density at radius 3 is 3.00 bits per heavy atom. The van der Waals surface area contributed by atoms with Crippen LogP contribution in [0.15, 0.2) is 24.4 Å². The lowest BCUT2D eigenvalue weighted by Crippen LogP contribution is -2.13. The number of nitrogens with zero attached hydrogens (tertiary/aromatic N) is 2. The average molecular weight is 203 g/mol. The van der Waals surface area contributed by atoms with Crippen LogP contribution in [0.1, 0.15) is 18.2 Å². The molecule has 2 heterocycles. The number of fused-ring (bicyclic) bond motifs is 1. The fourth-order valence-electron chi connectivity index (χ4n) is 1.70. The molecular formula is C12H17N3. The standard InChI is InChI=1S/C12H17N3/c1-9-3-4-15-12(6-9)7-11(14-15)5-10(2)8-13/h3-4,6-7,10H,5,8,13H2,1-2H3. The number of aromatic nitrogens is 2. The lowest BCUT2D eigenvalue weighted by Gasteiger charge is -2.03. The van der Waals surface area contributed by atoms with Crippen LogP contribution in [0.3, 0.4) is 0 Å². The van der Waals surface area contributed by atoms with Gasteiger partial charge in [0.2, 0.25) is 0 Å². The Morgan fingerprint density at radius 2 is 2.27 bits per heavy atom. The van der Waals surface area contributed by atoms with Gasteiger partial charge >= 0.3 is 0 Å². The van der Waals surface area contributed by atoms with Crippen LogP contribution in [0.2, 0.25) is 0 Å². The Balaban J connectivity index is 2.30. The minimum atomic E-state index is 0.496. The summed E-state index contributed by atoms with van der Waals surface area (Å²) in [5.41, 5.74) is 9.15. The summed E-state index contributed by atoms with van der Waals surface area (Å²) < 4.78 is 1.92. The second-order valence-corrected chi connectivity index (χ2v) is 4.25. The van der Waals surface area contributed by atoms with E-state index in [9.17, 15) is 0 Å². The molecule has 15 heavy (non-hydrogen) atoms. The van der Waals surface area contributed by atoms with Crippen molar-refractivity contribution in [3.8, 4) is 0 Å². The number of aryl methyl sites for hydroxylation is 1. The summed E-state index contributed by atoms with van der Waals surface area (Å²) in [5, 5.41) is 4.50. The average Bonchev–Trinajstić information content (AvgIpc) is 2.59. The van der Waals surface area contributed by atoms with Crippen LogP contribution in [-0.4, -0.2) is 16.2 Å². The molecule has 1 atom stereocenters. The molecule has 80 valence electrons. The minimum Gasteiger partial charge on any atom is -0.330 e. The van der Waals surface area contributed by atoms with E-state index in [4.69, 9.17) is 5.73 Å². The van der Waals surface area contributed by atoms with Gasteiger partial charge < -0.3 is 5.73 Å². The lowest BCUT2D eigenvalue weighted by molar-refractivity contribution is 0.581. The molecule has 3 heteroatoms. The highest BCUT2D eigenvalue weighted by Crippen LogP contribution is 2.11. The highest BCUT2D eigenvalue weighted by atomic mass is 15.2. The first-order valence-electron chi connectivity index (χ1n) is 5.34. The molecule has 1 unspecified atom stereocenters. The fraction of sp³-hybridized carbons (Fsp3) is 0.417. The van der Waals surface area contributed by atoms with E-state index >= 15 is 0 Å². The zero-order chi connectivity index (χ0) is 10.8. The number of nitrogens with two attached hydrogens (primary N) is 1. The quantitative estimate of drug-likeness (QED) is 0.826. The maximum absolute atomic E-state index is 5.60. The van der Waals surface area contributed by atoms with Gasteiger partial charge in [-0.25, -0.2) is 4.52 Å². The molecule has 0 fully saturated rings. The molecule has 0 bridgehead atoms. The van der Waals surface area contributed by atoms with Crippen LogP contribution < -0.4 is 5.73 Å². The van der Waals surface area contributed by atoms with Crippen LogP contribution >= 0.6 is 0 Å². The Hall–Kier alpha value is -1.35. The fourth-order valence-corrected chi connectivity index (χ4v) is 1.70. The summed E-state index contributed by atoms with van der Waals surface area (Å²) in [6.07, 6.45) is 2.96. The SMILES string of the molecule is Cc1ccn2nc(CC(C)CN)cc2c1. The summed E-state index contributed by atoms with van der Waals surface area (Å²) in [5.74, 6) is 0.496. The first-order valence-corrected chi connectivity index (χ1v) is 5.34. The summed E-state index contributed by atoms with van der Waals surface area (Å²) in [7, 11) is 0. The summed E-state index contributed by atoms with van der Waals surface area (Å²) in [6.45, 7) is 4.96. The Kier molecular flexibility index (Phi) is 2.73. The number of hydrogen-bond donors (Lipinski definition) is 1. The third kappa shape index (κ3) is 2.18.